The minimum absolute atomic E-state index is 0.0435. The van der Waals surface area contributed by atoms with E-state index in [4.69, 9.17) is 14.2 Å². The number of aromatic hydroxyl groups is 1. The Hall–Kier alpha value is -2.43. The van der Waals surface area contributed by atoms with Crippen molar-refractivity contribution < 1.29 is 19.3 Å². The molecule has 0 radical (unpaired) electrons. The molecule has 0 spiro atoms. The van der Waals surface area contributed by atoms with Crippen LogP contribution >= 0.6 is 0 Å². The molecule has 20 heavy (non-hydrogen) atoms. The van der Waals surface area contributed by atoms with Gasteiger partial charge in [-0.2, -0.15) is 0 Å². The summed E-state index contributed by atoms with van der Waals surface area (Å²) in [6, 6.07) is 9.27. The van der Waals surface area contributed by atoms with Gasteiger partial charge >= 0.3 is 0 Å². The average molecular weight is 275 g/mol. The van der Waals surface area contributed by atoms with Crippen LogP contribution < -0.4 is 14.2 Å². The molecular formula is C15H17NO4. The topological polar surface area (TPSA) is 60.8 Å². The number of rotatable bonds is 6. The fourth-order valence-corrected chi connectivity index (χ4v) is 1.77. The van der Waals surface area contributed by atoms with E-state index in [1.165, 1.54) is 19.4 Å². The van der Waals surface area contributed by atoms with E-state index in [2.05, 4.69) is 4.98 Å². The quantitative estimate of drug-likeness (QED) is 0.877. The van der Waals surface area contributed by atoms with Gasteiger partial charge in [0.2, 0.25) is 0 Å². The van der Waals surface area contributed by atoms with Crippen molar-refractivity contribution in [2.45, 2.75) is 6.42 Å². The van der Waals surface area contributed by atoms with Crippen molar-refractivity contribution >= 4 is 0 Å². The van der Waals surface area contributed by atoms with Gasteiger partial charge in [0.05, 0.1) is 27.0 Å². The number of hydrogen-bond acceptors (Lipinski definition) is 5. The molecule has 2 aromatic rings. The van der Waals surface area contributed by atoms with Gasteiger partial charge in [-0.25, -0.2) is 4.98 Å². The molecule has 5 nitrogen and oxygen atoms in total. The maximum absolute atomic E-state index is 9.32. The molecule has 0 aliphatic rings. The van der Waals surface area contributed by atoms with Crippen molar-refractivity contribution in [3.8, 4) is 23.1 Å². The van der Waals surface area contributed by atoms with Crippen LogP contribution in [0.1, 0.15) is 5.56 Å². The Kier molecular flexibility index (Phi) is 4.65. The largest absolute Gasteiger partial charge is 0.506 e. The molecule has 0 saturated carbocycles. The number of benzene rings is 1. The van der Waals surface area contributed by atoms with Gasteiger partial charge in [0.15, 0.2) is 5.75 Å². The summed E-state index contributed by atoms with van der Waals surface area (Å²) in [5.74, 6) is 1.65. The molecule has 0 aliphatic carbocycles. The number of hydrogen-bond donors (Lipinski definition) is 1. The summed E-state index contributed by atoms with van der Waals surface area (Å²) in [5.41, 5.74) is 1.11. The molecule has 0 amide bonds. The molecule has 0 unspecified atom stereocenters. The minimum atomic E-state index is 0.0435. The van der Waals surface area contributed by atoms with Gasteiger partial charge in [-0.1, -0.05) is 12.1 Å². The van der Waals surface area contributed by atoms with Crippen molar-refractivity contribution in [1.29, 1.82) is 0 Å². The molecule has 1 aromatic heterocycles. The molecular weight excluding hydrogens is 258 g/mol. The summed E-state index contributed by atoms with van der Waals surface area (Å²) in [5, 5.41) is 9.32. The fourth-order valence-electron chi connectivity index (χ4n) is 1.77. The first-order valence-electron chi connectivity index (χ1n) is 6.21. The first kappa shape index (κ1) is 14.0. The molecule has 5 heteroatoms. The minimum Gasteiger partial charge on any atom is -0.506 e. The number of pyridine rings is 1. The highest BCUT2D eigenvalue weighted by molar-refractivity contribution is 5.38. The lowest BCUT2D eigenvalue weighted by Crippen LogP contribution is -2.04. The van der Waals surface area contributed by atoms with Crippen LogP contribution in [0, 0.1) is 0 Å². The average Bonchev–Trinajstić information content (AvgIpc) is 2.49. The summed E-state index contributed by atoms with van der Waals surface area (Å²) in [6.07, 6.45) is 2.05. The van der Waals surface area contributed by atoms with E-state index in [0.717, 1.165) is 17.7 Å². The molecule has 1 heterocycles. The Balaban J connectivity index is 1.95. The maximum atomic E-state index is 9.32. The zero-order valence-corrected chi connectivity index (χ0v) is 11.5. The van der Waals surface area contributed by atoms with Crippen molar-refractivity contribution in [3.63, 3.8) is 0 Å². The van der Waals surface area contributed by atoms with Crippen LogP contribution in [0.15, 0.2) is 36.5 Å². The molecule has 106 valence electrons. The molecule has 2 rings (SSSR count). The van der Waals surface area contributed by atoms with Crippen LogP contribution in [0.25, 0.3) is 0 Å². The van der Waals surface area contributed by atoms with Crippen LogP contribution in [-0.2, 0) is 6.42 Å². The van der Waals surface area contributed by atoms with E-state index >= 15 is 0 Å². The Morgan fingerprint density at radius 2 is 2.00 bits per heavy atom. The highest BCUT2D eigenvalue weighted by atomic mass is 16.5. The smallest absolute Gasteiger partial charge is 0.257 e. The monoisotopic (exact) mass is 275 g/mol. The maximum Gasteiger partial charge on any atom is 0.257 e. The second kappa shape index (κ2) is 6.65. The lowest BCUT2D eigenvalue weighted by molar-refractivity contribution is 0.283. The Morgan fingerprint density at radius 3 is 2.75 bits per heavy atom. The van der Waals surface area contributed by atoms with Crippen molar-refractivity contribution in [3.05, 3.63) is 42.1 Å². The van der Waals surface area contributed by atoms with Crippen LogP contribution in [0.2, 0.25) is 0 Å². The van der Waals surface area contributed by atoms with Gasteiger partial charge in [-0.15, -0.1) is 0 Å². The lowest BCUT2D eigenvalue weighted by atomic mass is 10.1. The SMILES string of the molecule is COc1cccc(CCOc2ncc(O)cc2OC)c1. The van der Waals surface area contributed by atoms with Crippen LogP contribution in [0.4, 0.5) is 0 Å². The first-order valence-corrected chi connectivity index (χ1v) is 6.21. The zero-order chi connectivity index (χ0) is 14.4. The summed E-state index contributed by atoms with van der Waals surface area (Å²) in [4.78, 5) is 3.99. The Labute approximate surface area is 117 Å². The molecule has 0 saturated heterocycles. The van der Waals surface area contributed by atoms with Gasteiger partial charge in [0, 0.05) is 12.5 Å². The molecule has 1 aromatic carbocycles. The predicted octanol–water partition coefficient (Wildman–Crippen LogP) is 2.43. The number of ether oxygens (including phenoxy) is 3. The van der Waals surface area contributed by atoms with Crippen molar-refractivity contribution in [1.82, 2.24) is 4.98 Å². The fraction of sp³-hybridized carbons (Fsp3) is 0.267. The third kappa shape index (κ3) is 3.54. The van der Waals surface area contributed by atoms with Gasteiger partial charge in [-0.3, -0.25) is 0 Å². The van der Waals surface area contributed by atoms with Gasteiger partial charge < -0.3 is 19.3 Å². The lowest BCUT2D eigenvalue weighted by Gasteiger charge is -2.10. The van der Waals surface area contributed by atoms with E-state index in [9.17, 15) is 5.11 Å². The van der Waals surface area contributed by atoms with E-state index < -0.39 is 0 Å². The number of aromatic nitrogens is 1. The van der Waals surface area contributed by atoms with Gasteiger partial charge in [-0.05, 0) is 17.7 Å². The zero-order valence-electron chi connectivity index (χ0n) is 11.5. The second-order valence-electron chi connectivity index (χ2n) is 4.15. The summed E-state index contributed by atoms with van der Waals surface area (Å²) in [7, 11) is 3.15. The van der Waals surface area contributed by atoms with E-state index in [0.29, 0.717) is 18.2 Å². The molecule has 1 N–H and O–H groups in total. The first-order chi connectivity index (χ1) is 9.72. The number of nitrogens with zero attached hydrogens (tertiary/aromatic N) is 1. The molecule has 0 atom stereocenters. The van der Waals surface area contributed by atoms with Crippen molar-refractivity contribution in [2.24, 2.45) is 0 Å². The second-order valence-corrected chi connectivity index (χ2v) is 4.15. The molecule has 0 fully saturated rings. The predicted molar refractivity (Wildman–Crippen MR) is 74.6 cm³/mol. The van der Waals surface area contributed by atoms with Crippen molar-refractivity contribution in [2.75, 3.05) is 20.8 Å². The van der Waals surface area contributed by atoms with Crippen LogP contribution in [0.5, 0.6) is 23.1 Å². The Bertz CT molecular complexity index is 572. The number of methoxy groups -OCH3 is 2. The highest BCUT2D eigenvalue weighted by Crippen LogP contribution is 2.27. The van der Waals surface area contributed by atoms with E-state index in [1.54, 1.807) is 7.11 Å². The van der Waals surface area contributed by atoms with Gasteiger partial charge in [0.1, 0.15) is 11.5 Å². The molecule has 0 bridgehead atoms. The molecule has 0 aliphatic heterocycles. The normalized spacial score (nSPS) is 10.1. The standard InChI is InChI=1S/C15H17NO4/c1-18-13-5-3-4-11(8-13)6-7-20-15-14(19-2)9-12(17)10-16-15/h3-5,8-10,17H,6-7H2,1-2H3. The summed E-state index contributed by atoms with van der Waals surface area (Å²) < 4.78 is 15.8. The third-order valence-corrected chi connectivity index (χ3v) is 2.79. The van der Waals surface area contributed by atoms with E-state index in [1.807, 2.05) is 24.3 Å². The Morgan fingerprint density at radius 1 is 1.15 bits per heavy atom. The van der Waals surface area contributed by atoms with Gasteiger partial charge in [0.25, 0.3) is 5.88 Å². The third-order valence-electron chi connectivity index (χ3n) is 2.79. The summed E-state index contributed by atoms with van der Waals surface area (Å²) in [6.45, 7) is 0.460. The van der Waals surface area contributed by atoms with Crippen LogP contribution in [-0.4, -0.2) is 30.9 Å². The van der Waals surface area contributed by atoms with Crippen LogP contribution in [0.3, 0.4) is 0 Å². The highest BCUT2D eigenvalue weighted by Gasteiger charge is 2.07. The summed E-state index contributed by atoms with van der Waals surface area (Å²) >= 11 is 0. The van der Waals surface area contributed by atoms with E-state index in [-0.39, 0.29) is 5.75 Å².